The van der Waals surface area contributed by atoms with Gasteiger partial charge >= 0.3 is 0 Å². The minimum atomic E-state index is 0.415. The Kier molecular flexibility index (Phi) is 6.16. The first-order valence-electron chi connectivity index (χ1n) is 6.67. The van der Waals surface area contributed by atoms with Gasteiger partial charge < -0.3 is 15.1 Å². The van der Waals surface area contributed by atoms with E-state index < -0.39 is 0 Å². The van der Waals surface area contributed by atoms with Crippen LogP contribution < -0.4 is 10.2 Å². The zero-order valence-corrected chi connectivity index (χ0v) is 12.4. The van der Waals surface area contributed by atoms with Gasteiger partial charge in [-0.2, -0.15) is 0 Å². The first kappa shape index (κ1) is 15.0. The van der Waals surface area contributed by atoms with E-state index in [1.807, 2.05) is 7.05 Å². The molecule has 1 rings (SSSR count). The molecule has 0 fully saturated rings. The molecule has 0 aromatic heterocycles. The zero-order chi connectivity index (χ0) is 13.5. The molecule has 1 unspecified atom stereocenters. The van der Waals surface area contributed by atoms with Gasteiger partial charge in [-0.1, -0.05) is 12.1 Å². The van der Waals surface area contributed by atoms with Crippen molar-refractivity contribution < 1.29 is 0 Å². The number of anilines is 1. The quantitative estimate of drug-likeness (QED) is 0.800. The van der Waals surface area contributed by atoms with Crippen molar-refractivity contribution in [1.29, 1.82) is 0 Å². The highest BCUT2D eigenvalue weighted by molar-refractivity contribution is 5.47. The molecule has 0 aliphatic rings. The molecule has 0 spiro atoms. The molecule has 1 N–H and O–H groups in total. The number of benzene rings is 1. The lowest BCUT2D eigenvalue weighted by molar-refractivity contribution is 0.401. The van der Waals surface area contributed by atoms with Gasteiger partial charge in [0.25, 0.3) is 0 Å². The van der Waals surface area contributed by atoms with Crippen LogP contribution in [0, 0.1) is 0 Å². The number of nitrogens with zero attached hydrogens (tertiary/aromatic N) is 2. The van der Waals surface area contributed by atoms with E-state index in [0.717, 1.165) is 13.1 Å². The maximum atomic E-state index is 3.26. The Labute approximate surface area is 112 Å². The summed E-state index contributed by atoms with van der Waals surface area (Å²) in [5.41, 5.74) is 2.63. The molecule has 0 amide bonds. The summed E-state index contributed by atoms with van der Waals surface area (Å²) in [4.78, 5) is 4.54. The molecular formula is C15H27N3. The van der Waals surface area contributed by atoms with Crippen molar-refractivity contribution >= 4 is 5.69 Å². The van der Waals surface area contributed by atoms with Gasteiger partial charge in [0.1, 0.15) is 0 Å². The van der Waals surface area contributed by atoms with E-state index in [1.165, 1.54) is 17.7 Å². The summed E-state index contributed by atoms with van der Waals surface area (Å²) >= 11 is 0. The van der Waals surface area contributed by atoms with E-state index in [-0.39, 0.29) is 0 Å². The first-order valence-corrected chi connectivity index (χ1v) is 6.67. The van der Waals surface area contributed by atoms with Crippen molar-refractivity contribution in [3.8, 4) is 0 Å². The Bertz CT molecular complexity index is 332. The van der Waals surface area contributed by atoms with E-state index >= 15 is 0 Å². The fourth-order valence-corrected chi connectivity index (χ4v) is 1.94. The monoisotopic (exact) mass is 249 g/mol. The summed E-state index contributed by atoms with van der Waals surface area (Å²) < 4.78 is 0. The molecule has 18 heavy (non-hydrogen) atoms. The van der Waals surface area contributed by atoms with Gasteiger partial charge in [0, 0.05) is 25.3 Å². The third-order valence-corrected chi connectivity index (χ3v) is 3.37. The van der Waals surface area contributed by atoms with Gasteiger partial charge in [-0.05, 0) is 58.7 Å². The molecule has 0 heterocycles. The molecule has 102 valence electrons. The van der Waals surface area contributed by atoms with Gasteiger partial charge in [0.15, 0.2) is 0 Å². The van der Waals surface area contributed by atoms with Crippen molar-refractivity contribution in [1.82, 2.24) is 10.2 Å². The summed E-state index contributed by atoms with van der Waals surface area (Å²) in [6, 6.07) is 9.24. The smallest absolute Gasteiger partial charge is 0.0363 e. The minimum Gasteiger partial charge on any atom is -0.375 e. The molecule has 0 saturated heterocycles. The molecule has 0 bridgehead atoms. The van der Waals surface area contributed by atoms with Crippen LogP contribution in [0.4, 0.5) is 5.69 Å². The van der Waals surface area contributed by atoms with Crippen LogP contribution in [0.2, 0.25) is 0 Å². The van der Waals surface area contributed by atoms with Crippen LogP contribution in [-0.4, -0.2) is 46.2 Å². The predicted octanol–water partition coefficient (Wildman–Crippen LogP) is 2.35. The second-order valence-corrected chi connectivity index (χ2v) is 5.18. The molecule has 1 aromatic carbocycles. The Morgan fingerprint density at radius 1 is 1.06 bits per heavy atom. The Morgan fingerprint density at radius 3 is 2.17 bits per heavy atom. The van der Waals surface area contributed by atoms with Crippen molar-refractivity contribution in [3.05, 3.63) is 29.8 Å². The molecule has 0 saturated carbocycles. The number of hydrogen-bond acceptors (Lipinski definition) is 3. The van der Waals surface area contributed by atoms with Crippen molar-refractivity contribution in [3.63, 3.8) is 0 Å². The van der Waals surface area contributed by atoms with Gasteiger partial charge in [0.2, 0.25) is 0 Å². The topological polar surface area (TPSA) is 18.5 Å². The normalized spacial score (nSPS) is 12.8. The largest absolute Gasteiger partial charge is 0.375 e. The van der Waals surface area contributed by atoms with Gasteiger partial charge in [0.05, 0.1) is 0 Å². The summed E-state index contributed by atoms with van der Waals surface area (Å²) in [7, 11) is 8.39. The lowest BCUT2D eigenvalue weighted by Gasteiger charge is -2.21. The summed E-state index contributed by atoms with van der Waals surface area (Å²) in [5, 5.41) is 3.26. The fourth-order valence-electron chi connectivity index (χ4n) is 1.94. The summed E-state index contributed by atoms with van der Waals surface area (Å²) in [5.74, 6) is 0. The van der Waals surface area contributed by atoms with E-state index in [2.05, 4.69) is 67.4 Å². The highest BCUT2D eigenvalue weighted by Crippen LogP contribution is 2.18. The van der Waals surface area contributed by atoms with Crippen LogP contribution in [0.1, 0.15) is 24.9 Å². The first-order chi connectivity index (χ1) is 8.54. The average Bonchev–Trinajstić information content (AvgIpc) is 2.37. The number of hydrogen-bond donors (Lipinski definition) is 1. The molecule has 1 atom stereocenters. The maximum Gasteiger partial charge on any atom is 0.0363 e. The molecule has 0 radical (unpaired) electrons. The van der Waals surface area contributed by atoms with Gasteiger partial charge in [-0.3, -0.25) is 0 Å². The lowest BCUT2D eigenvalue weighted by atomic mass is 10.1. The predicted molar refractivity (Wildman–Crippen MR) is 80.4 cm³/mol. The third kappa shape index (κ3) is 4.67. The molecule has 0 aliphatic carbocycles. The molecule has 3 heteroatoms. The molecular weight excluding hydrogens is 222 g/mol. The Hall–Kier alpha value is -1.06. The Balaban J connectivity index is 2.51. The number of rotatable bonds is 7. The van der Waals surface area contributed by atoms with Gasteiger partial charge in [-0.15, -0.1) is 0 Å². The highest BCUT2D eigenvalue weighted by Gasteiger charge is 2.04. The van der Waals surface area contributed by atoms with Crippen molar-refractivity contribution in [2.45, 2.75) is 19.4 Å². The van der Waals surface area contributed by atoms with Crippen LogP contribution in [0.15, 0.2) is 24.3 Å². The highest BCUT2D eigenvalue weighted by atomic mass is 15.1. The van der Waals surface area contributed by atoms with Gasteiger partial charge in [-0.25, -0.2) is 0 Å². The van der Waals surface area contributed by atoms with Crippen molar-refractivity contribution in [2.24, 2.45) is 0 Å². The summed E-state index contributed by atoms with van der Waals surface area (Å²) in [6.45, 7) is 4.41. The number of nitrogens with one attached hydrogen (secondary N) is 1. The Morgan fingerprint density at radius 2 is 1.67 bits per heavy atom. The fraction of sp³-hybridized carbons (Fsp3) is 0.600. The lowest BCUT2D eigenvalue weighted by Crippen LogP contribution is -2.23. The molecule has 3 nitrogen and oxygen atoms in total. The zero-order valence-electron chi connectivity index (χ0n) is 12.4. The van der Waals surface area contributed by atoms with Crippen LogP contribution in [0.3, 0.4) is 0 Å². The average molecular weight is 249 g/mol. The third-order valence-electron chi connectivity index (χ3n) is 3.37. The second kappa shape index (κ2) is 7.39. The summed E-state index contributed by atoms with van der Waals surface area (Å²) in [6.07, 6.45) is 1.19. The van der Waals surface area contributed by atoms with Crippen LogP contribution in [-0.2, 0) is 0 Å². The van der Waals surface area contributed by atoms with Crippen LogP contribution in [0.5, 0.6) is 0 Å². The molecule has 0 aliphatic heterocycles. The van der Waals surface area contributed by atoms with Crippen LogP contribution in [0.25, 0.3) is 0 Å². The van der Waals surface area contributed by atoms with E-state index in [0.29, 0.717) is 6.04 Å². The second-order valence-electron chi connectivity index (χ2n) is 5.18. The van der Waals surface area contributed by atoms with E-state index in [9.17, 15) is 0 Å². The molecule has 1 aromatic rings. The van der Waals surface area contributed by atoms with E-state index in [1.54, 1.807) is 0 Å². The van der Waals surface area contributed by atoms with E-state index in [4.69, 9.17) is 0 Å². The van der Waals surface area contributed by atoms with Crippen molar-refractivity contribution in [2.75, 3.05) is 46.2 Å². The SMILES string of the molecule is CNC(C)c1ccc(N(C)CCCN(C)C)cc1. The maximum absolute atomic E-state index is 3.26. The van der Waals surface area contributed by atoms with Crippen LogP contribution >= 0.6 is 0 Å². The minimum absolute atomic E-state index is 0.415. The standard InChI is InChI=1S/C15H27N3/c1-13(16-2)14-7-9-15(10-8-14)18(5)12-6-11-17(3)4/h7-10,13,16H,6,11-12H2,1-5H3.